The summed E-state index contributed by atoms with van der Waals surface area (Å²) in [7, 11) is 0. The first kappa shape index (κ1) is 13.4. The van der Waals surface area contributed by atoms with Gasteiger partial charge in [-0.05, 0) is 52.6 Å². The van der Waals surface area contributed by atoms with Gasteiger partial charge in [0.15, 0.2) is 0 Å². The van der Waals surface area contributed by atoms with E-state index in [1.807, 2.05) is 12.1 Å². The lowest BCUT2D eigenvalue weighted by molar-refractivity contribution is 0.647. The molecular weight excluding hydrogens is 348 g/mol. The van der Waals surface area contributed by atoms with Crippen LogP contribution in [0.2, 0.25) is 0 Å². The molecule has 0 spiro atoms. The van der Waals surface area contributed by atoms with Crippen molar-refractivity contribution in [2.24, 2.45) is 0 Å². The molecule has 5 rings (SSSR count). The molecule has 1 nitrogen and oxygen atoms in total. The molecule has 3 aromatic carbocycles. The van der Waals surface area contributed by atoms with Gasteiger partial charge in [-0.2, -0.15) is 0 Å². The lowest BCUT2D eigenvalue weighted by atomic mass is 9.82. The smallest absolute Gasteiger partial charge is 0.135 e. The molecule has 112 valence electrons. The molecule has 0 saturated heterocycles. The summed E-state index contributed by atoms with van der Waals surface area (Å²) in [6.45, 7) is 4.58. The van der Waals surface area contributed by atoms with Crippen molar-refractivity contribution >= 4 is 37.9 Å². The van der Waals surface area contributed by atoms with Crippen molar-refractivity contribution in [2.75, 3.05) is 0 Å². The van der Waals surface area contributed by atoms with Crippen LogP contribution in [0.4, 0.5) is 0 Å². The van der Waals surface area contributed by atoms with E-state index in [9.17, 15) is 0 Å². The molecule has 1 aliphatic rings. The summed E-state index contributed by atoms with van der Waals surface area (Å²) in [5.41, 5.74) is 7.31. The minimum Gasteiger partial charge on any atom is -0.456 e. The van der Waals surface area contributed by atoms with Crippen LogP contribution in [0.5, 0.6) is 0 Å². The molecule has 0 aliphatic heterocycles. The third kappa shape index (κ3) is 1.67. The lowest BCUT2D eigenvalue weighted by Crippen LogP contribution is -2.14. The highest BCUT2D eigenvalue weighted by Crippen LogP contribution is 2.51. The van der Waals surface area contributed by atoms with Crippen LogP contribution in [0.1, 0.15) is 25.0 Å². The topological polar surface area (TPSA) is 13.1 Å². The Morgan fingerprint density at radius 3 is 2.43 bits per heavy atom. The molecule has 23 heavy (non-hydrogen) atoms. The van der Waals surface area contributed by atoms with Crippen molar-refractivity contribution in [1.29, 1.82) is 0 Å². The maximum atomic E-state index is 6.08. The predicted molar refractivity (Wildman–Crippen MR) is 99.0 cm³/mol. The van der Waals surface area contributed by atoms with Gasteiger partial charge < -0.3 is 4.42 Å². The standard InChI is InChI=1S/C21H15BrO/c1-21(2)17-9-12(22)7-8-13(17)15-10-16-14-5-3-4-6-19(14)23-20(16)11-18(15)21/h3-11H,1-2H3. The van der Waals surface area contributed by atoms with Gasteiger partial charge in [0.05, 0.1) is 0 Å². The van der Waals surface area contributed by atoms with Crippen LogP contribution >= 0.6 is 15.9 Å². The van der Waals surface area contributed by atoms with Crippen LogP contribution in [0.25, 0.3) is 33.1 Å². The summed E-state index contributed by atoms with van der Waals surface area (Å²) in [4.78, 5) is 0. The normalized spacial score (nSPS) is 15.1. The molecule has 0 unspecified atom stereocenters. The Labute approximate surface area is 143 Å². The van der Waals surface area contributed by atoms with Gasteiger partial charge >= 0.3 is 0 Å². The molecule has 1 aromatic heterocycles. The third-order valence-corrected chi connectivity index (χ3v) is 5.63. The van der Waals surface area contributed by atoms with Crippen LogP contribution in [0.15, 0.2) is 63.5 Å². The van der Waals surface area contributed by atoms with Crippen molar-refractivity contribution in [3.63, 3.8) is 0 Å². The van der Waals surface area contributed by atoms with Crippen molar-refractivity contribution in [3.05, 3.63) is 70.2 Å². The van der Waals surface area contributed by atoms with Gasteiger partial charge in [0.25, 0.3) is 0 Å². The molecule has 2 heteroatoms. The maximum Gasteiger partial charge on any atom is 0.135 e. The zero-order valence-electron chi connectivity index (χ0n) is 13.0. The number of hydrogen-bond acceptors (Lipinski definition) is 1. The van der Waals surface area contributed by atoms with E-state index >= 15 is 0 Å². The summed E-state index contributed by atoms with van der Waals surface area (Å²) in [5, 5.41) is 2.39. The van der Waals surface area contributed by atoms with Crippen LogP contribution in [0, 0.1) is 0 Å². The van der Waals surface area contributed by atoms with Crippen molar-refractivity contribution < 1.29 is 4.42 Å². The van der Waals surface area contributed by atoms with Gasteiger partial charge in [0.2, 0.25) is 0 Å². The Morgan fingerprint density at radius 1 is 0.783 bits per heavy atom. The molecule has 0 radical (unpaired) electrons. The van der Waals surface area contributed by atoms with Crippen molar-refractivity contribution in [2.45, 2.75) is 19.3 Å². The second-order valence-electron chi connectivity index (χ2n) is 6.81. The van der Waals surface area contributed by atoms with Crippen LogP contribution in [0.3, 0.4) is 0 Å². The number of para-hydroxylation sites is 1. The molecule has 0 fully saturated rings. The SMILES string of the molecule is CC1(C)c2cc(Br)ccc2-c2cc3c(cc21)oc1ccccc13. The average Bonchev–Trinajstić information content (AvgIpc) is 3.00. The minimum atomic E-state index is -0.0123. The molecular formula is C21H15BrO. The summed E-state index contributed by atoms with van der Waals surface area (Å²) in [5.74, 6) is 0. The van der Waals surface area contributed by atoms with E-state index in [1.165, 1.54) is 33.0 Å². The first-order valence-electron chi connectivity index (χ1n) is 7.82. The second-order valence-corrected chi connectivity index (χ2v) is 7.72. The maximum absolute atomic E-state index is 6.08. The van der Waals surface area contributed by atoms with Gasteiger partial charge in [-0.15, -0.1) is 0 Å². The summed E-state index contributed by atoms with van der Waals surface area (Å²) in [6.07, 6.45) is 0. The monoisotopic (exact) mass is 362 g/mol. The van der Waals surface area contributed by atoms with E-state index in [0.717, 1.165) is 15.6 Å². The zero-order valence-corrected chi connectivity index (χ0v) is 14.6. The van der Waals surface area contributed by atoms with E-state index < -0.39 is 0 Å². The number of hydrogen-bond donors (Lipinski definition) is 0. The Kier molecular flexibility index (Phi) is 2.48. The van der Waals surface area contributed by atoms with Crippen LogP contribution in [-0.4, -0.2) is 0 Å². The van der Waals surface area contributed by atoms with E-state index in [2.05, 4.69) is 72.2 Å². The fraction of sp³-hybridized carbons (Fsp3) is 0.143. The van der Waals surface area contributed by atoms with Crippen molar-refractivity contribution in [3.8, 4) is 11.1 Å². The summed E-state index contributed by atoms with van der Waals surface area (Å²) >= 11 is 3.61. The third-order valence-electron chi connectivity index (χ3n) is 5.14. The van der Waals surface area contributed by atoms with Crippen LogP contribution < -0.4 is 0 Å². The highest BCUT2D eigenvalue weighted by molar-refractivity contribution is 9.10. The van der Waals surface area contributed by atoms with E-state index in [0.29, 0.717) is 0 Å². The Morgan fingerprint density at radius 2 is 1.57 bits per heavy atom. The second kappa shape index (κ2) is 4.27. The summed E-state index contributed by atoms with van der Waals surface area (Å²) in [6, 6.07) is 19.4. The molecule has 0 saturated carbocycles. The quantitative estimate of drug-likeness (QED) is 0.341. The highest BCUT2D eigenvalue weighted by Gasteiger charge is 2.36. The van der Waals surface area contributed by atoms with Gasteiger partial charge in [0, 0.05) is 20.7 Å². The highest BCUT2D eigenvalue weighted by atomic mass is 79.9. The van der Waals surface area contributed by atoms with Gasteiger partial charge in [-0.25, -0.2) is 0 Å². The molecule has 1 heterocycles. The zero-order chi connectivity index (χ0) is 15.8. The molecule has 4 aromatic rings. The van der Waals surface area contributed by atoms with Gasteiger partial charge in [-0.3, -0.25) is 0 Å². The van der Waals surface area contributed by atoms with E-state index in [4.69, 9.17) is 4.42 Å². The van der Waals surface area contributed by atoms with Crippen molar-refractivity contribution in [1.82, 2.24) is 0 Å². The Bertz CT molecular complexity index is 1100. The van der Waals surface area contributed by atoms with Gasteiger partial charge in [0.1, 0.15) is 11.2 Å². The van der Waals surface area contributed by atoms with E-state index in [-0.39, 0.29) is 5.41 Å². The molecule has 0 N–H and O–H groups in total. The first-order chi connectivity index (χ1) is 11.1. The van der Waals surface area contributed by atoms with Gasteiger partial charge in [-0.1, -0.05) is 54.0 Å². The lowest BCUT2D eigenvalue weighted by Gasteiger charge is -2.21. The number of benzene rings is 3. The Hall–Kier alpha value is -2.06. The number of furan rings is 1. The molecule has 0 bridgehead atoms. The molecule has 1 aliphatic carbocycles. The fourth-order valence-corrected chi connectivity index (χ4v) is 4.29. The predicted octanol–water partition coefficient (Wildman–Crippen LogP) is 6.65. The number of fused-ring (bicyclic) bond motifs is 6. The number of rotatable bonds is 0. The molecule has 0 atom stereocenters. The number of halogens is 1. The average molecular weight is 363 g/mol. The van der Waals surface area contributed by atoms with E-state index in [1.54, 1.807) is 0 Å². The van der Waals surface area contributed by atoms with Crippen LogP contribution in [-0.2, 0) is 5.41 Å². The molecule has 0 amide bonds. The largest absolute Gasteiger partial charge is 0.456 e. The fourth-order valence-electron chi connectivity index (χ4n) is 3.92. The first-order valence-corrected chi connectivity index (χ1v) is 8.61. The Balaban J connectivity index is 1.93. The summed E-state index contributed by atoms with van der Waals surface area (Å²) < 4.78 is 7.22. The minimum absolute atomic E-state index is 0.0123.